The van der Waals surface area contributed by atoms with Crippen molar-refractivity contribution in [1.29, 1.82) is 0 Å². The van der Waals surface area contributed by atoms with Crippen LogP contribution in [0.25, 0.3) is 0 Å². The summed E-state index contributed by atoms with van der Waals surface area (Å²) in [7, 11) is 1.73. The highest BCUT2D eigenvalue weighted by Crippen LogP contribution is 2.37. The molecule has 1 saturated carbocycles. The van der Waals surface area contributed by atoms with Gasteiger partial charge in [-0.2, -0.15) is 0 Å². The van der Waals surface area contributed by atoms with Gasteiger partial charge in [-0.1, -0.05) is 0 Å². The van der Waals surface area contributed by atoms with E-state index in [1.54, 1.807) is 25.0 Å². The zero-order valence-corrected chi connectivity index (χ0v) is 11.1. The third kappa shape index (κ3) is 2.81. The number of aliphatic carboxylic acids is 1. The fourth-order valence-electron chi connectivity index (χ4n) is 2.37. The number of hydrogen-bond acceptors (Lipinski definition) is 5. The number of carboxylic acids is 1. The lowest BCUT2D eigenvalue weighted by Gasteiger charge is -2.36. The number of nitrogens with one attached hydrogen (secondary N) is 1. The van der Waals surface area contributed by atoms with Gasteiger partial charge in [-0.25, -0.2) is 9.97 Å². The predicted molar refractivity (Wildman–Crippen MR) is 69.6 cm³/mol. The zero-order valence-electron chi connectivity index (χ0n) is 10.3. The Bertz CT molecular complexity index is 415. The van der Waals surface area contributed by atoms with Gasteiger partial charge in [0.05, 0.1) is 5.03 Å². The highest BCUT2D eigenvalue weighted by Gasteiger charge is 2.41. The molecular weight excluding hydrogens is 250 g/mol. The van der Waals surface area contributed by atoms with Crippen molar-refractivity contribution >= 4 is 17.7 Å². The molecule has 0 amide bonds. The van der Waals surface area contributed by atoms with Gasteiger partial charge in [0.1, 0.15) is 11.9 Å². The smallest absolute Gasteiger partial charge is 0.323 e. The van der Waals surface area contributed by atoms with E-state index in [4.69, 9.17) is 0 Å². The number of rotatable bonds is 4. The van der Waals surface area contributed by atoms with Gasteiger partial charge >= 0.3 is 5.97 Å². The molecule has 0 bridgehead atoms. The molecular formula is C12H17N3O2S. The Hall–Kier alpha value is -1.14. The molecule has 2 unspecified atom stereocenters. The quantitative estimate of drug-likeness (QED) is 0.806. The lowest BCUT2D eigenvalue weighted by Crippen LogP contribution is -2.53. The van der Waals surface area contributed by atoms with E-state index in [-0.39, 0.29) is 5.25 Å². The van der Waals surface area contributed by atoms with Crippen molar-refractivity contribution in [3.8, 4) is 0 Å². The number of hydrogen-bond donors (Lipinski definition) is 2. The first kappa shape index (κ1) is 13.3. The first-order valence-electron chi connectivity index (χ1n) is 6.01. The second kappa shape index (κ2) is 5.67. The van der Waals surface area contributed by atoms with Crippen molar-refractivity contribution < 1.29 is 9.90 Å². The molecule has 2 rings (SSSR count). The second-order valence-electron chi connectivity index (χ2n) is 4.52. The summed E-state index contributed by atoms with van der Waals surface area (Å²) >= 11 is 1.65. The van der Waals surface area contributed by atoms with Crippen molar-refractivity contribution in [3.05, 3.63) is 18.6 Å². The SMILES string of the molecule is CNC1(C(=O)O)CCCC(Sc2ccncn2)C1. The predicted octanol–water partition coefficient (Wildman–Crippen LogP) is 1.55. The van der Waals surface area contributed by atoms with Crippen molar-refractivity contribution in [2.45, 2.75) is 41.5 Å². The van der Waals surface area contributed by atoms with Crippen LogP contribution in [-0.2, 0) is 4.79 Å². The van der Waals surface area contributed by atoms with E-state index in [0.29, 0.717) is 12.8 Å². The molecule has 0 saturated heterocycles. The minimum Gasteiger partial charge on any atom is -0.480 e. The Morgan fingerprint density at radius 1 is 1.67 bits per heavy atom. The van der Waals surface area contributed by atoms with E-state index in [1.807, 2.05) is 6.07 Å². The van der Waals surface area contributed by atoms with Crippen LogP contribution in [0.2, 0.25) is 0 Å². The van der Waals surface area contributed by atoms with Crippen molar-refractivity contribution in [1.82, 2.24) is 15.3 Å². The fraction of sp³-hybridized carbons (Fsp3) is 0.583. The first-order chi connectivity index (χ1) is 8.66. The van der Waals surface area contributed by atoms with Gasteiger partial charge in [0.25, 0.3) is 0 Å². The first-order valence-corrected chi connectivity index (χ1v) is 6.89. The molecule has 1 fully saturated rings. The Balaban J connectivity index is 2.05. The Morgan fingerprint density at radius 2 is 2.50 bits per heavy atom. The van der Waals surface area contributed by atoms with Crippen LogP contribution in [0.3, 0.4) is 0 Å². The molecule has 1 aromatic heterocycles. The molecule has 1 aromatic rings. The zero-order chi connectivity index (χ0) is 13.0. The Labute approximate surface area is 110 Å². The monoisotopic (exact) mass is 267 g/mol. The van der Waals surface area contributed by atoms with Crippen LogP contribution in [0.15, 0.2) is 23.6 Å². The molecule has 1 heterocycles. The summed E-state index contributed by atoms with van der Waals surface area (Å²) in [4.78, 5) is 19.5. The van der Waals surface area contributed by atoms with E-state index in [0.717, 1.165) is 17.9 Å². The van der Waals surface area contributed by atoms with Gasteiger partial charge in [-0.3, -0.25) is 4.79 Å². The molecule has 18 heavy (non-hydrogen) atoms. The summed E-state index contributed by atoms with van der Waals surface area (Å²) in [6.45, 7) is 0. The van der Waals surface area contributed by atoms with Crippen LogP contribution in [0, 0.1) is 0 Å². The lowest BCUT2D eigenvalue weighted by atomic mass is 9.81. The molecule has 0 aromatic carbocycles. The normalized spacial score (nSPS) is 27.9. The number of likely N-dealkylation sites (N-methyl/N-ethyl adjacent to an activating group) is 1. The van der Waals surface area contributed by atoms with E-state index in [2.05, 4.69) is 15.3 Å². The average molecular weight is 267 g/mol. The lowest BCUT2D eigenvalue weighted by molar-refractivity contribution is -0.146. The maximum Gasteiger partial charge on any atom is 0.323 e. The Kier molecular flexibility index (Phi) is 4.19. The highest BCUT2D eigenvalue weighted by atomic mass is 32.2. The standard InChI is InChI=1S/C12H17N3O2S/c1-13-12(11(16)17)5-2-3-9(7-12)18-10-4-6-14-8-15-10/h4,6,8-9,13H,2-3,5,7H2,1H3,(H,16,17). The molecule has 0 aliphatic heterocycles. The number of carbonyl (C=O) groups is 1. The third-order valence-corrected chi connectivity index (χ3v) is 4.65. The molecule has 98 valence electrons. The van der Waals surface area contributed by atoms with Crippen LogP contribution in [0.1, 0.15) is 25.7 Å². The largest absolute Gasteiger partial charge is 0.480 e. The molecule has 1 aliphatic rings. The van der Waals surface area contributed by atoms with Crippen molar-refractivity contribution in [2.24, 2.45) is 0 Å². The summed E-state index contributed by atoms with van der Waals surface area (Å²) in [5.41, 5.74) is -0.775. The van der Waals surface area contributed by atoms with Crippen LogP contribution >= 0.6 is 11.8 Å². The molecule has 2 atom stereocenters. The molecule has 0 spiro atoms. The summed E-state index contributed by atoms with van der Waals surface area (Å²) in [6.07, 6.45) is 6.52. The second-order valence-corrected chi connectivity index (χ2v) is 5.84. The van der Waals surface area contributed by atoms with E-state index < -0.39 is 11.5 Å². The molecule has 0 radical (unpaired) electrons. The van der Waals surface area contributed by atoms with Gasteiger partial charge in [-0.15, -0.1) is 11.8 Å². The molecule has 1 aliphatic carbocycles. The van der Waals surface area contributed by atoms with Gasteiger partial charge in [0.2, 0.25) is 0 Å². The summed E-state index contributed by atoms with van der Waals surface area (Å²) in [5.74, 6) is -0.752. The van der Waals surface area contributed by atoms with Crippen LogP contribution in [0.5, 0.6) is 0 Å². The Morgan fingerprint density at radius 3 is 3.11 bits per heavy atom. The van der Waals surface area contributed by atoms with Crippen LogP contribution < -0.4 is 5.32 Å². The minimum absolute atomic E-state index is 0.289. The van der Waals surface area contributed by atoms with E-state index in [9.17, 15) is 9.90 Å². The summed E-state index contributed by atoms with van der Waals surface area (Å²) in [6, 6.07) is 1.86. The third-order valence-electron chi connectivity index (χ3n) is 3.44. The molecule has 6 heteroatoms. The van der Waals surface area contributed by atoms with Gasteiger partial charge in [-0.05, 0) is 38.8 Å². The fourth-order valence-corrected chi connectivity index (χ4v) is 3.61. The minimum atomic E-state index is -0.775. The molecule has 5 nitrogen and oxygen atoms in total. The van der Waals surface area contributed by atoms with Crippen molar-refractivity contribution in [2.75, 3.05) is 7.05 Å². The van der Waals surface area contributed by atoms with Crippen LogP contribution in [0.4, 0.5) is 0 Å². The van der Waals surface area contributed by atoms with Gasteiger partial charge in [0.15, 0.2) is 0 Å². The maximum atomic E-state index is 11.4. The number of nitrogens with zero attached hydrogens (tertiary/aromatic N) is 2. The summed E-state index contributed by atoms with van der Waals surface area (Å²) < 4.78 is 0. The topological polar surface area (TPSA) is 75.1 Å². The number of aromatic nitrogens is 2. The summed E-state index contributed by atoms with van der Waals surface area (Å²) in [5, 5.41) is 13.6. The van der Waals surface area contributed by atoms with Gasteiger partial charge in [0, 0.05) is 11.4 Å². The maximum absolute atomic E-state index is 11.4. The number of thioether (sulfide) groups is 1. The van der Waals surface area contributed by atoms with Gasteiger partial charge < -0.3 is 10.4 Å². The molecule has 2 N–H and O–H groups in total. The van der Waals surface area contributed by atoms with E-state index >= 15 is 0 Å². The average Bonchev–Trinajstić information content (AvgIpc) is 2.40. The van der Waals surface area contributed by atoms with Crippen LogP contribution in [-0.4, -0.2) is 38.9 Å². The van der Waals surface area contributed by atoms with E-state index in [1.165, 1.54) is 6.33 Å². The highest BCUT2D eigenvalue weighted by molar-refractivity contribution is 7.99. The number of carboxylic acid groups (broad SMARTS) is 1. The van der Waals surface area contributed by atoms with Crippen molar-refractivity contribution in [3.63, 3.8) is 0 Å².